The van der Waals surface area contributed by atoms with Crippen LogP contribution in [0.1, 0.15) is 19.4 Å². The highest BCUT2D eigenvalue weighted by Gasteiger charge is 2.33. The molecule has 0 fully saturated rings. The Bertz CT molecular complexity index is 364. The van der Waals surface area contributed by atoms with E-state index in [1.807, 2.05) is 6.92 Å². The molecular weight excluding hydrogens is 235 g/mol. The van der Waals surface area contributed by atoms with Gasteiger partial charge in [-0.3, -0.25) is 4.68 Å². The van der Waals surface area contributed by atoms with Crippen LogP contribution in [0.3, 0.4) is 0 Å². The Morgan fingerprint density at radius 3 is 2.53 bits per heavy atom. The van der Waals surface area contributed by atoms with Gasteiger partial charge in [0, 0.05) is 6.20 Å². The van der Waals surface area contributed by atoms with Crippen LogP contribution < -0.4 is 5.32 Å². The summed E-state index contributed by atoms with van der Waals surface area (Å²) >= 11 is 0. The SMILES string of the molecule is CCNC(C)(CO)Cn1cc(C(F)(F)F)cn1. The van der Waals surface area contributed by atoms with Crippen LogP contribution in [0.5, 0.6) is 0 Å². The van der Waals surface area contributed by atoms with Crippen molar-refractivity contribution in [2.24, 2.45) is 0 Å². The lowest BCUT2D eigenvalue weighted by atomic mass is 10.0. The molecule has 0 amide bonds. The molecule has 1 unspecified atom stereocenters. The Labute approximate surface area is 97.4 Å². The molecule has 17 heavy (non-hydrogen) atoms. The second-order valence-corrected chi connectivity index (χ2v) is 4.17. The number of halogens is 3. The molecule has 0 saturated carbocycles. The minimum Gasteiger partial charge on any atom is -0.394 e. The van der Waals surface area contributed by atoms with Crippen molar-refractivity contribution in [1.29, 1.82) is 0 Å². The number of hydrogen-bond donors (Lipinski definition) is 2. The summed E-state index contributed by atoms with van der Waals surface area (Å²) in [4.78, 5) is 0. The largest absolute Gasteiger partial charge is 0.419 e. The molecule has 0 aliphatic rings. The molecule has 2 N–H and O–H groups in total. The molecule has 0 saturated heterocycles. The van der Waals surface area contributed by atoms with Crippen LogP contribution in [-0.2, 0) is 12.7 Å². The van der Waals surface area contributed by atoms with Crippen LogP contribution in [-0.4, -0.2) is 33.6 Å². The van der Waals surface area contributed by atoms with Gasteiger partial charge in [-0.05, 0) is 13.5 Å². The number of nitrogens with zero attached hydrogens (tertiary/aromatic N) is 2. The van der Waals surface area contributed by atoms with Crippen LogP contribution in [0.25, 0.3) is 0 Å². The van der Waals surface area contributed by atoms with Crippen LogP contribution in [0.2, 0.25) is 0 Å². The number of aliphatic hydroxyl groups excluding tert-OH is 1. The molecule has 1 atom stereocenters. The third-order valence-corrected chi connectivity index (χ3v) is 2.42. The van der Waals surface area contributed by atoms with Crippen molar-refractivity contribution in [2.75, 3.05) is 13.2 Å². The fourth-order valence-corrected chi connectivity index (χ4v) is 1.54. The molecule has 0 bridgehead atoms. The number of aromatic nitrogens is 2. The average molecular weight is 251 g/mol. The van der Waals surface area contributed by atoms with Gasteiger partial charge in [-0.1, -0.05) is 6.92 Å². The zero-order valence-corrected chi connectivity index (χ0v) is 9.75. The molecule has 98 valence electrons. The standard InChI is InChI=1S/C10H16F3N3O/c1-3-14-9(2,7-17)6-16-5-8(4-15-16)10(11,12)13/h4-5,14,17H,3,6-7H2,1-2H3. The van der Waals surface area contributed by atoms with E-state index in [4.69, 9.17) is 0 Å². The molecular formula is C10H16F3N3O. The van der Waals surface area contributed by atoms with Crippen molar-refractivity contribution in [3.63, 3.8) is 0 Å². The maximum absolute atomic E-state index is 12.3. The average Bonchev–Trinajstić information content (AvgIpc) is 2.66. The maximum Gasteiger partial charge on any atom is 0.419 e. The van der Waals surface area contributed by atoms with Gasteiger partial charge in [0.1, 0.15) is 0 Å². The molecule has 1 heterocycles. The minimum atomic E-state index is -4.38. The summed E-state index contributed by atoms with van der Waals surface area (Å²) in [7, 11) is 0. The van der Waals surface area contributed by atoms with E-state index in [0.717, 1.165) is 12.4 Å². The second-order valence-electron chi connectivity index (χ2n) is 4.17. The number of nitrogens with one attached hydrogen (secondary N) is 1. The fraction of sp³-hybridized carbons (Fsp3) is 0.700. The number of aliphatic hydroxyl groups is 1. The van der Waals surface area contributed by atoms with E-state index in [0.29, 0.717) is 6.54 Å². The van der Waals surface area contributed by atoms with E-state index < -0.39 is 17.3 Å². The number of rotatable bonds is 5. The Morgan fingerprint density at radius 2 is 2.12 bits per heavy atom. The Morgan fingerprint density at radius 1 is 1.47 bits per heavy atom. The summed E-state index contributed by atoms with van der Waals surface area (Å²) in [5.41, 5.74) is -1.46. The van der Waals surface area contributed by atoms with Gasteiger partial charge in [0.25, 0.3) is 0 Å². The Hall–Kier alpha value is -1.08. The third kappa shape index (κ3) is 3.71. The third-order valence-electron chi connectivity index (χ3n) is 2.42. The summed E-state index contributed by atoms with van der Waals surface area (Å²) < 4.78 is 38.2. The van der Waals surface area contributed by atoms with Gasteiger partial charge in [0.15, 0.2) is 0 Å². The molecule has 4 nitrogen and oxygen atoms in total. The van der Waals surface area contributed by atoms with E-state index in [9.17, 15) is 18.3 Å². The van der Waals surface area contributed by atoms with Crippen molar-refractivity contribution in [3.05, 3.63) is 18.0 Å². The van der Waals surface area contributed by atoms with Crippen molar-refractivity contribution in [3.8, 4) is 0 Å². The topological polar surface area (TPSA) is 50.1 Å². The Balaban J connectivity index is 2.78. The molecule has 1 aromatic rings. The molecule has 0 aliphatic carbocycles. The van der Waals surface area contributed by atoms with Crippen LogP contribution >= 0.6 is 0 Å². The molecule has 0 aliphatic heterocycles. The van der Waals surface area contributed by atoms with Gasteiger partial charge in [-0.15, -0.1) is 0 Å². The lowest BCUT2D eigenvalue weighted by Crippen LogP contribution is -2.49. The van der Waals surface area contributed by atoms with Crippen LogP contribution in [0.4, 0.5) is 13.2 Å². The predicted octanol–water partition coefficient (Wildman–Crippen LogP) is 1.26. The minimum absolute atomic E-state index is 0.174. The zero-order chi connectivity index (χ0) is 13.1. The molecule has 7 heteroatoms. The van der Waals surface area contributed by atoms with Gasteiger partial charge in [0.2, 0.25) is 0 Å². The molecule has 0 radical (unpaired) electrons. The lowest BCUT2D eigenvalue weighted by Gasteiger charge is -2.28. The van der Waals surface area contributed by atoms with Crippen molar-refractivity contribution in [2.45, 2.75) is 32.1 Å². The lowest BCUT2D eigenvalue weighted by molar-refractivity contribution is -0.137. The van der Waals surface area contributed by atoms with Gasteiger partial charge in [-0.2, -0.15) is 18.3 Å². The van der Waals surface area contributed by atoms with Gasteiger partial charge in [-0.25, -0.2) is 0 Å². The van der Waals surface area contributed by atoms with E-state index in [1.165, 1.54) is 4.68 Å². The highest BCUT2D eigenvalue weighted by Crippen LogP contribution is 2.28. The van der Waals surface area contributed by atoms with Crippen LogP contribution in [0, 0.1) is 0 Å². The molecule has 1 aromatic heterocycles. The first-order valence-electron chi connectivity index (χ1n) is 5.26. The predicted molar refractivity (Wildman–Crippen MR) is 56.4 cm³/mol. The van der Waals surface area contributed by atoms with Crippen molar-refractivity contribution < 1.29 is 18.3 Å². The van der Waals surface area contributed by atoms with Crippen LogP contribution in [0.15, 0.2) is 12.4 Å². The van der Waals surface area contributed by atoms with E-state index in [2.05, 4.69) is 10.4 Å². The molecule has 0 spiro atoms. The summed E-state index contributed by atoms with van der Waals surface area (Å²) in [5, 5.41) is 15.9. The normalized spacial score (nSPS) is 15.9. The first-order chi connectivity index (χ1) is 7.80. The second kappa shape index (κ2) is 5.05. The first kappa shape index (κ1) is 14.0. The quantitative estimate of drug-likeness (QED) is 0.828. The molecule has 0 aromatic carbocycles. The fourth-order valence-electron chi connectivity index (χ4n) is 1.54. The monoisotopic (exact) mass is 251 g/mol. The number of alkyl halides is 3. The van der Waals surface area contributed by atoms with Crippen molar-refractivity contribution >= 4 is 0 Å². The summed E-state index contributed by atoms with van der Waals surface area (Å²) in [6, 6.07) is 0. The summed E-state index contributed by atoms with van der Waals surface area (Å²) in [6.45, 7) is 4.20. The summed E-state index contributed by atoms with van der Waals surface area (Å²) in [6.07, 6.45) is -2.67. The summed E-state index contributed by atoms with van der Waals surface area (Å²) in [5.74, 6) is 0. The zero-order valence-electron chi connectivity index (χ0n) is 9.75. The first-order valence-corrected chi connectivity index (χ1v) is 5.26. The van der Waals surface area contributed by atoms with Gasteiger partial charge >= 0.3 is 6.18 Å². The maximum atomic E-state index is 12.3. The molecule has 1 rings (SSSR count). The van der Waals surface area contributed by atoms with Gasteiger partial charge in [0.05, 0.1) is 30.5 Å². The Kier molecular flexibility index (Phi) is 4.16. The number of likely N-dealkylation sites (N-methyl/N-ethyl adjacent to an activating group) is 1. The van der Waals surface area contributed by atoms with Crippen molar-refractivity contribution in [1.82, 2.24) is 15.1 Å². The van der Waals surface area contributed by atoms with Gasteiger partial charge < -0.3 is 10.4 Å². The van der Waals surface area contributed by atoms with E-state index in [1.54, 1.807) is 6.92 Å². The number of hydrogen-bond acceptors (Lipinski definition) is 3. The highest BCUT2D eigenvalue weighted by molar-refractivity contribution is 5.08. The smallest absolute Gasteiger partial charge is 0.394 e. The van der Waals surface area contributed by atoms with E-state index in [-0.39, 0.29) is 13.2 Å². The highest BCUT2D eigenvalue weighted by atomic mass is 19.4. The van der Waals surface area contributed by atoms with E-state index >= 15 is 0 Å².